The van der Waals surface area contributed by atoms with E-state index in [1.807, 2.05) is 17.2 Å². The van der Waals surface area contributed by atoms with Crippen LogP contribution in [-0.4, -0.2) is 66.8 Å². The number of aromatic nitrogens is 1. The summed E-state index contributed by atoms with van der Waals surface area (Å²) < 4.78 is 5.55. The van der Waals surface area contributed by atoms with Crippen LogP contribution in [0.2, 0.25) is 0 Å². The van der Waals surface area contributed by atoms with Crippen molar-refractivity contribution in [1.82, 2.24) is 20.1 Å². The van der Waals surface area contributed by atoms with Crippen molar-refractivity contribution in [3.8, 4) is 0 Å². The van der Waals surface area contributed by atoms with Crippen molar-refractivity contribution < 1.29 is 9.53 Å². The highest BCUT2D eigenvalue weighted by molar-refractivity contribution is 7.09. The van der Waals surface area contributed by atoms with E-state index in [0.29, 0.717) is 32.3 Å². The Hall–Kier alpha value is -1.18. The summed E-state index contributed by atoms with van der Waals surface area (Å²) in [5, 5.41) is 6.00. The number of nitrogens with one attached hydrogen (secondary N) is 1. The molecule has 7 heteroatoms. The molecule has 2 heterocycles. The van der Waals surface area contributed by atoms with Crippen molar-refractivity contribution in [2.45, 2.75) is 39.3 Å². The van der Waals surface area contributed by atoms with Gasteiger partial charge < -0.3 is 19.9 Å². The van der Waals surface area contributed by atoms with Gasteiger partial charge in [-0.15, -0.1) is 11.3 Å². The first-order chi connectivity index (χ1) is 11.0. The van der Waals surface area contributed by atoms with Crippen LogP contribution in [0.5, 0.6) is 0 Å². The lowest BCUT2D eigenvalue weighted by molar-refractivity contribution is 0.0114. The molecule has 130 valence electrons. The topological polar surface area (TPSA) is 57.7 Å². The Morgan fingerprint density at radius 1 is 1.65 bits per heavy atom. The lowest BCUT2D eigenvalue weighted by Crippen LogP contribution is -2.49. The van der Waals surface area contributed by atoms with E-state index in [4.69, 9.17) is 4.74 Å². The zero-order chi connectivity index (χ0) is 16.8. The minimum Gasteiger partial charge on any atom is -0.377 e. The molecule has 0 aliphatic carbocycles. The van der Waals surface area contributed by atoms with Crippen LogP contribution in [0.1, 0.15) is 37.0 Å². The maximum absolute atomic E-state index is 12.5. The Morgan fingerprint density at radius 2 is 2.43 bits per heavy atom. The van der Waals surface area contributed by atoms with E-state index in [0.717, 1.165) is 23.7 Å². The number of urea groups is 1. The molecule has 2 rings (SSSR count). The van der Waals surface area contributed by atoms with Gasteiger partial charge in [-0.25, -0.2) is 9.78 Å². The highest BCUT2D eigenvalue weighted by Gasteiger charge is 2.30. The standard InChI is InChI=1S/C16H28N4O2S/c1-5-13(3)19(4)7-6-17-16(21)20-8-9-22-10-14(20)15-18-12(2)11-23-15/h11,13-14H,5-10H2,1-4H3,(H,17,21)/t13-,14+/m0/s1. The van der Waals surface area contributed by atoms with Gasteiger partial charge >= 0.3 is 6.03 Å². The van der Waals surface area contributed by atoms with Gasteiger partial charge in [-0.1, -0.05) is 6.92 Å². The molecular formula is C16H28N4O2S. The zero-order valence-corrected chi connectivity index (χ0v) is 15.4. The first-order valence-corrected chi connectivity index (χ1v) is 9.15. The number of likely N-dealkylation sites (N-methyl/N-ethyl adjacent to an activating group) is 1. The molecule has 1 fully saturated rings. The number of carbonyl (C=O) groups is 1. The Kier molecular flexibility index (Phi) is 6.80. The largest absolute Gasteiger partial charge is 0.377 e. The summed E-state index contributed by atoms with van der Waals surface area (Å²) in [7, 11) is 2.09. The SMILES string of the molecule is CC[C@H](C)N(C)CCNC(=O)N1CCOC[C@@H]1c1nc(C)cs1. The number of thiazole rings is 1. The fourth-order valence-electron chi connectivity index (χ4n) is 2.55. The molecule has 2 atom stereocenters. The average molecular weight is 340 g/mol. The first-order valence-electron chi connectivity index (χ1n) is 8.27. The fourth-order valence-corrected chi connectivity index (χ4v) is 3.44. The predicted molar refractivity (Wildman–Crippen MR) is 92.9 cm³/mol. The minimum atomic E-state index is -0.0743. The van der Waals surface area contributed by atoms with E-state index in [1.165, 1.54) is 0 Å². The van der Waals surface area contributed by atoms with E-state index in [9.17, 15) is 4.79 Å². The maximum atomic E-state index is 12.5. The molecule has 0 bridgehead atoms. The summed E-state index contributed by atoms with van der Waals surface area (Å²) in [6.07, 6.45) is 1.11. The van der Waals surface area contributed by atoms with Crippen LogP contribution in [0.25, 0.3) is 0 Å². The van der Waals surface area contributed by atoms with Crippen LogP contribution in [0.3, 0.4) is 0 Å². The van der Waals surface area contributed by atoms with Gasteiger partial charge in [-0.2, -0.15) is 0 Å². The highest BCUT2D eigenvalue weighted by Crippen LogP contribution is 2.26. The third-order valence-corrected chi connectivity index (χ3v) is 5.46. The molecule has 0 saturated carbocycles. The van der Waals surface area contributed by atoms with Gasteiger partial charge in [-0.3, -0.25) is 0 Å². The van der Waals surface area contributed by atoms with Crippen LogP contribution in [0.4, 0.5) is 4.79 Å². The molecule has 1 aliphatic rings. The average Bonchev–Trinajstić information content (AvgIpc) is 3.00. The smallest absolute Gasteiger partial charge is 0.318 e. The van der Waals surface area contributed by atoms with Crippen molar-refractivity contribution >= 4 is 17.4 Å². The molecule has 1 aliphatic heterocycles. The molecular weight excluding hydrogens is 312 g/mol. The number of rotatable bonds is 6. The van der Waals surface area contributed by atoms with Crippen LogP contribution in [-0.2, 0) is 4.74 Å². The van der Waals surface area contributed by atoms with E-state index < -0.39 is 0 Å². The second-order valence-electron chi connectivity index (χ2n) is 6.08. The van der Waals surface area contributed by atoms with Crippen LogP contribution in [0.15, 0.2) is 5.38 Å². The third kappa shape index (κ3) is 4.89. The summed E-state index contributed by atoms with van der Waals surface area (Å²) in [6, 6.07) is 0.430. The van der Waals surface area contributed by atoms with Crippen molar-refractivity contribution in [3.05, 3.63) is 16.1 Å². The van der Waals surface area contributed by atoms with Gasteiger partial charge in [-0.05, 0) is 27.3 Å². The zero-order valence-electron chi connectivity index (χ0n) is 14.5. The molecule has 6 nitrogen and oxygen atoms in total. The summed E-state index contributed by atoms with van der Waals surface area (Å²) in [5.74, 6) is 0. The number of morpholine rings is 1. The monoisotopic (exact) mass is 340 g/mol. The number of ether oxygens (including phenoxy) is 1. The Morgan fingerprint density at radius 3 is 3.09 bits per heavy atom. The van der Waals surface area contributed by atoms with Gasteiger partial charge in [0.1, 0.15) is 11.0 Å². The fraction of sp³-hybridized carbons (Fsp3) is 0.750. The number of hydrogen-bond acceptors (Lipinski definition) is 5. The summed E-state index contributed by atoms with van der Waals surface area (Å²) in [4.78, 5) is 21.2. The van der Waals surface area contributed by atoms with Crippen LogP contribution < -0.4 is 5.32 Å². The van der Waals surface area contributed by atoms with Gasteiger partial charge in [0.15, 0.2) is 0 Å². The highest BCUT2D eigenvalue weighted by atomic mass is 32.1. The minimum absolute atomic E-state index is 0.0243. The van der Waals surface area contributed by atoms with E-state index in [2.05, 4.69) is 36.1 Å². The molecule has 0 aromatic carbocycles. The molecule has 1 saturated heterocycles. The van der Waals surface area contributed by atoms with Crippen LogP contribution >= 0.6 is 11.3 Å². The summed E-state index contributed by atoms with van der Waals surface area (Å²) in [5.41, 5.74) is 0.992. The normalized spacial score (nSPS) is 19.9. The van der Waals surface area contributed by atoms with E-state index in [-0.39, 0.29) is 12.1 Å². The molecule has 0 spiro atoms. The lowest BCUT2D eigenvalue weighted by atomic mass is 10.2. The molecule has 0 unspecified atom stereocenters. The molecule has 2 amide bonds. The van der Waals surface area contributed by atoms with Crippen molar-refractivity contribution in [3.63, 3.8) is 0 Å². The molecule has 23 heavy (non-hydrogen) atoms. The molecule has 1 aromatic heterocycles. The summed E-state index contributed by atoms with van der Waals surface area (Å²) in [6.45, 7) is 9.56. The molecule has 1 aromatic rings. The summed E-state index contributed by atoms with van der Waals surface area (Å²) >= 11 is 1.59. The van der Waals surface area contributed by atoms with E-state index >= 15 is 0 Å². The predicted octanol–water partition coefficient (Wildman–Crippen LogP) is 2.26. The quantitative estimate of drug-likeness (QED) is 0.863. The number of hydrogen-bond donors (Lipinski definition) is 1. The second-order valence-corrected chi connectivity index (χ2v) is 6.97. The maximum Gasteiger partial charge on any atom is 0.318 e. The van der Waals surface area contributed by atoms with Crippen LogP contribution in [0, 0.1) is 6.92 Å². The molecule has 1 N–H and O–H groups in total. The first kappa shape index (κ1) is 18.2. The van der Waals surface area contributed by atoms with Gasteiger partial charge in [0.25, 0.3) is 0 Å². The third-order valence-electron chi connectivity index (χ3n) is 4.40. The number of carbonyl (C=O) groups excluding carboxylic acids is 1. The van der Waals surface area contributed by atoms with Crippen molar-refractivity contribution in [2.75, 3.05) is 39.9 Å². The Labute approximate surface area is 142 Å². The van der Waals surface area contributed by atoms with Crippen molar-refractivity contribution in [1.29, 1.82) is 0 Å². The number of amides is 2. The second kappa shape index (κ2) is 8.61. The van der Waals surface area contributed by atoms with E-state index in [1.54, 1.807) is 11.3 Å². The Balaban J connectivity index is 1.88. The molecule has 0 radical (unpaired) electrons. The number of nitrogens with zero attached hydrogens (tertiary/aromatic N) is 3. The van der Waals surface area contributed by atoms with Gasteiger partial charge in [0, 0.05) is 36.8 Å². The van der Waals surface area contributed by atoms with Gasteiger partial charge in [0.2, 0.25) is 0 Å². The van der Waals surface area contributed by atoms with Gasteiger partial charge in [0.05, 0.1) is 13.2 Å². The Bertz CT molecular complexity index is 508. The lowest BCUT2D eigenvalue weighted by Gasteiger charge is -2.34. The van der Waals surface area contributed by atoms with Crippen molar-refractivity contribution in [2.24, 2.45) is 0 Å². The number of aryl methyl sites for hydroxylation is 1.